The summed E-state index contributed by atoms with van der Waals surface area (Å²) in [4.78, 5) is 4.80. The Morgan fingerprint density at radius 1 is 0.920 bits per heavy atom. The number of nitrogens with one attached hydrogen (secondary N) is 1. The maximum atomic E-state index is 5.94. The molecule has 0 amide bonds. The molecule has 1 aromatic heterocycles. The quantitative estimate of drug-likeness (QED) is 0.625. The highest BCUT2D eigenvalue weighted by Crippen LogP contribution is 2.30. The van der Waals surface area contributed by atoms with E-state index in [1.54, 1.807) is 0 Å². The van der Waals surface area contributed by atoms with Gasteiger partial charge in [-0.15, -0.1) is 0 Å². The molecule has 4 rings (SSSR count). The molecule has 3 aromatic rings. The first-order chi connectivity index (χ1) is 12.3. The zero-order valence-electron chi connectivity index (χ0n) is 14.9. The number of rotatable bonds is 2. The van der Waals surface area contributed by atoms with Crippen LogP contribution < -0.4 is 5.32 Å². The first kappa shape index (κ1) is 16.2. The Kier molecular flexibility index (Phi) is 4.73. The van der Waals surface area contributed by atoms with E-state index in [2.05, 4.69) is 42.6 Å². The number of nitrogens with zero attached hydrogens (tertiary/aromatic N) is 1. The highest BCUT2D eigenvalue weighted by atomic mass is 16.3. The molecular formula is C22H26N2O. The fourth-order valence-corrected chi connectivity index (χ4v) is 3.69. The SMILES string of the molecule is CC(NC1=NCCCCCCC1)c1ccc2oc3ccccc3c2c1. The van der Waals surface area contributed by atoms with Crippen molar-refractivity contribution in [1.82, 2.24) is 5.32 Å². The molecule has 0 spiro atoms. The largest absolute Gasteiger partial charge is 0.456 e. The van der Waals surface area contributed by atoms with Gasteiger partial charge in [0, 0.05) is 29.8 Å². The fourth-order valence-electron chi connectivity index (χ4n) is 3.69. The molecule has 0 saturated heterocycles. The van der Waals surface area contributed by atoms with E-state index in [1.165, 1.54) is 54.3 Å². The van der Waals surface area contributed by atoms with Crippen molar-refractivity contribution in [1.29, 1.82) is 0 Å². The van der Waals surface area contributed by atoms with Crippen molar-refractivity contribution >= 4 is 27.8 Å². The Morgan fingerprint density at radius 3 is 2.68 bits per heavy atom. The van der Waals surface area contributed by atoms with E-state index in [0.29, 0.717) is 0 Å². The second-order valence-electron chi connectivity index (χ2n) is 7.07. The third-order valence-corrected chi connectivity index (χ3v) is 5.16. The number of furan rings is 1. The van der Waals surface area contributed by atoms with E-state index < -0.39 is 0 Å². The van der Waals surface area contributed by atoms with Gasteiger partial charge in [-0.2, -0.15) is 0 Å². The Morgan fingerprint density at radius 2 is 1.72 bits per heavy atom. The Hall–Kier alpha value is -2.29. The van der Waals surface area contributed by atoms with Crippen molar-refractivity contribution in [2.24, 2.45) is 4.99 Å². The minimum Gasteiger partial charge on any atom is -0.456 e. The predicted octanol–water partition coefficient (Wildman–Crippen LogP) is 5.99. The fraction of sp³-hybridized carbons (Fsp3) is 0.409. The maximum Gasteiger partial charge on any atom is 0.135 e. The molecule has 3 nitrogen and oxygen atoms in total. The molecule has 0 fully saturated rings. The van der Waals surface area contributed by atoms with Gasteiger partial charge in [0.15, 0.2) is 0 Å². The third kappa shape index (κ3) is 3.55. The molecule has 2 heterocycles. The summed E-state index contributed by atoms with van der Waals surface area (Å²) in [6.45, 7) is 3.18. The van der Waals surface area contributed by atoms with Crippen molar-refractivity contribution in [3.8, 4) is 0 Å². The lowest BCUT2D eigenvalue weighted by Gasteiger charge is -2.17. The van der Waals surface area contributed by atoms with Gasteiger partial charge in [-0.25, -0.2) is 0 Å². The van der Waals surface area contributed by atoms with Gasteiger partial charge in [-0.05, 0) is 43.5 Å². The van der Waals surface area contributed by atoms with E-state index in [4.69, 9.17) is 9.41 Å². The number of benzene rings is 2. The van der Waals surface area contributed by atoms with Crippen molar-refractivity contribution in [2.75, 3.05) is 6.54 Å². The molecule has 0 aliphatic carbocycles. The first-order valence-electron chi connectivity index (χ1n) is 9.52. The van der Waals surface area contributed by atoms with E-state index >= 15 is 0 Å². The average molecular weight is 334 g/mol. The molecule has 0 saturated carbocycles. The first-order valence-corrected chi connectivity index (χ1v) is 9.52. The smallest absolute Gasteiger partial charge is 0.135 e. The zero-order chi connectivity index (χ0) is 17.1. The highest BCUT2D eigenvalue weighted by Gasteiger charge is 2.12. The molecular weight excluding hydrogens is 308 g/mol. The lowest BCUT2D eigenvalue weighted by atomic mass is 10.0. The Bertz CT molecular complexity index is 893. The second-order valence-corrected chi connectivity index (χ2v) is 7.07. The number of para-hydroxylation sites is 1. The Balaban J connectivity index is 1.58. The van der Waals surface area contributed by atoms with Crippen LogP contribution in [-0.4, -0.2) is 12.4 Å². The minimum absolute atomic E-state index is 0.248. The maximum absolute atomic E-state index is 5.94. The molecule has 2 aromatic carbocycles. The van der Waals surface area contributed by atoms with E-state index in [1.807, 2.05) is 12.1 Å². The van der Waals surface area contributed by atoms with Crippen molar-refractivity contribution in [3.63, 3.8) is 0 Å². The van der Waals surface area contributed by atoms with Crippen LogP contribution in [0.25, 0.3) is 21.9 Å². The number of fused-ring (bicyclic) bond motifs is 3. The summed E-state index contributed by atoms with van der Waals surface area (Å²) in [5.74, 6) is 1.17. The van der Waals surface area contributed by atoms with Crippen LogP contribution in [0.2, 0.25) is 0 Å². The van der Waals surface area contributed by atoms with Gasteiger partial charge in [-0.3, -0.25) is 4.99 Å². The standard InChI is InChI=1S/C22H26N2O/c1-16(24-22-11-5-3-2-4-8-14-23-22)17-12-13-21-19(15-17)18-9-6-7-10-20(18)25-21/h6-7,9-10,12-13,15-16H,2-5,8,11,14H2,1H3,(H,23,24). The molecule has 1 aliphatic rings. The van der Waals surface area contributed by atoms with E-state index in [-0.39, 0.29) is 6.04 Å². The molecule has 1 N–H and O–H groups in total. The molecule has 0 radical (unpaired) electrons. The van der Waals surface area contributed by atoms with Crippen LogP contribution >= 0.6 is 0 Å². The van der Waals surface area contributed by atoms with Crippen LogP contribution in [0.3, 0.4) is 0 Å². The summed E-state index contributed by atoms with van der Waals surface area (Å²) in [6.07, 6.45) is 7.51. The lowest BCUT2D eigenvalue weighted by molar-refractivity contribution is 0.636. The molecule has 130 valence electrons. The zero-order valence-corrected chi connectivity index (χ0v) is 14.9. The van der Waals surface area contributed by atoms with Crippen LogP contribution in [0.4, 0.5) is 0 Å². The summed E-state index contributed by atoms with van der Waals surface area (Å²) in [5, 5.41) is 6.03. The summed E-state index contributed by atoms with van der Waals surface area (Å²) < 4.78 is 5.94. The summed E-state index contributed by atoms with van der Waals surface area (Å²) in [6, 6.07) is 15.0. The number of amidine groups is 1. The van der Waals surface area contributed by atoms with Crippen LogP contribution in [0.15, 0.2) is 51.9 Å². The minimum atomic E-state index is 0.248. The molecule has 25 heavy (non-hydrogen) atoms. The van der Waals surface area contributed by atoms with Crippen LogP contribution in [0.1, 0.15) is 57.1 Å². The van der Waals surface area contributed by atoms with Crippen LogP contribution in [-0.2, 0) is 0 Å². The molecule has 1 atom stereocenters. The van der Waals surface area contributed by atoms with Gasteiger partial charge in [0.1, 0.15) is 11.2 Å². The molecule has 3 heteroatoms. The van der Waals surface area contributed by atoms with Gasteiger partial charge >= 0.3 is 0 Å². The van der Waals surface area contributed by atoms with Crippen LogP contribution in [0.5, 0.6) is 0 Å². The van der Waals surface area contributed by atoms with Crippen LogP contribution in [0, 0.1) is 0 Å². The summed E-state index contributed by atoms with van der Waals surface area (Å²) >= 11 is 0. The van der Waals surface area contributed by atoms with Crippen molar-refractivity contribution in [3.05, 3.63) is 48.0 Å². The lowest BCUT2D eigenvalue weighted by Crippen LogP contribution is -2.27. The monoisotopic (exact) mass is 334 g/mol. The number of hydrogen-bond acceptors (Lipinski definition) is 3. The van der Waals surface area contributed by atoms with Gasteiger partial charge in [0.05, 0.1) is 5.84 Å². The van der Waals surface area contributed by atoms with Gasteiger partial charge in [-0.1, -0.05) is 43.5 Å². The molecule has 0 bridgehead atoms. The van der Waals surface area contributed by atoms with Crippen molar-refractivity contribution in [2.45, 2.75) is 51.5 Å². The Labute approximate surface area is 149 Å². The van der Waals surface area contributed by atoms with Gasteiger partial charge in [0.25, 0.3) is 0 Å². The predicted molar refractivity (Wildman–Crippen MR) is 105 cm³/mol. The topological polar surface area (TPSA) is 37.5 Å². The molecule has 1 unspecified atom stereocenters. The highest BCUT2D eigenvalue weighted by molar-refractivity contribution is 6.05. The van der Waals surface area contributed by atoms with E-state index in [0.717, 1.165) is 24.1 Å². The normalized spacial score (nSPS) is 17.6. The number of aliphatic imine (C=N–C) groups is 1. The third-order valence-electron chi connectivity index (χ3n) is 5.16. The summed E-state index contributed by atoms with van der Waals surface area (Å²) in [7, 11) is 0. The van der Waals surface area contributed by atoms with E-state index in [9.17, 15) is 0 Å². The average Bonchev–Trinajstić information content (AvgIpc) is 3.05. The summed E-state index contributed by atoms with van der Waals surface area (Å²) in [5.41, 5.74) is 3.19. The number of hydrogen-bond donors (Lipinski definition) is 1. The van der Waals surface area contributed by atoms with Gasteiger partial charge < -0.3 is 9.73 Å². The molecule has 1 aliphatic heterocycles. The second kappa shape index (κ2) is 7.30. The van der Waals surface area contributed by atoms with Crippen molar-refractivity contribution < 1.29 is 4.42 Å². The van der Waals surface area contributed by atoms with Gasteiger partial charge in [0.2, 0.25) is 0 Å².